The molecule has 1 aromatic heterocycles. The van der Waals surface area contributed by atoms with E-state index in [9.17, 15) is 0 Å². The molecule has 78 valence electrons. The second-order valence-electron chi connectivity index (χ2n) is 3.98. The largest absolute Gasteiger partial charge is 0.249 e. The first-order chi connectivity index (χ1) is 7.18. The van der Waals surface area contributed by atoms with Crippen LogP contribution in [0.25, 0.3) is 11.4 Å². The van der Waals surface area contributed by atoms with Crippen LogP contribution in [0.2, 0.25) is 0 Å². The van der Waals surface area contributed by atoms with E-state index in [-0.39, 0.29) is 0 Å². The van der Waals surface area contributed by atoms with Crippen molar-refractivity contribution in [1.82, 2.24) is 14.8 Å². The van der Waals surface area contributed by atoms with Gasteiger partial charge < -0.3 is 0 Å². The number of aromatic nitrogens is 3. The summed E-state index contributed by atoms with van der Waals surface area (Å²) >= 11 is 0. The molecule has 0 aliphatic rings. The third-order valence-corrected chi connectivity index (χ3v) is 2.55. The van der Waals surface area contributed by atoms with Crippen molar-refractivity contribution < 1.29 is 0 Å². The van der Waals surface area contributed by atoms with Crippen LogP contribution in [0.1, 0.15) is 25.3 Å². The fraction of sp³-hybridized carbons (Fsp3) is 0.333. The van der Waals surface area contributed by atoms with Crippen molar-refractivity contribution in [3.8, 4) is 11.4 Å². The third kappa shape index (κ3) is 1.91. The van der Waals surface area contributed by atoms with Crippen molar-refractivity contribution >= 4 is 0 Å². The highest BCUT2D eigenvalue weighted by Gasteiger charge is 2.04. The summed E-state index contributed by atoms with van der Waals surface area (Å²) in [7, 11) is 1.90. The maximum atomic E-state index is 4.21. The Labute approximate surface area is 89.8 Å². The van der Waals surface area contributed by atoms with E-state index in [0.717, 1.165) is 11.4 Å². The lowest BCUT2D eigenvalue weighted by Crippen LogP contribution is -1.95. The van der Waals surface area contributed by atoms with E-state index in [0.29, 0.717) is 5.92 Å². The van der Waals surface area contributed by atoms with E-state index in [1.54, 1.807) is 11.0 Å². The molecule has 3 nitrogen and oxygen atoms in total. The van der Waals surface area contributed by atoms with Gasteiger partial charge in [0.1, 0.15) is 6.33 Å². The highest BCUT2D eigenvalue weighted by Crippen LogP contribution is 2.20. The highest BCUT2D eigenvalue weighted by atomic mass is 15.3. The zero-order valence-electron chi connectivity index (χ0n) is 9.31. The summed E-state index contributed by atoms with van der Waals surface area (Å²) in [6.07, 6.45) is 1.58. The van der Waals surface area contributed by atoms with Crippen molar-refractivity contribution in [2.75, 3.05) is 0 Å². The summed E-state index contributed by atoms with van der Waals surface area (Å²) in [4.78, 5) is 4.21. The molecule has 0 fully saturated rings. The summed E-state index contributed by atoms with van der Waals surface area (Å²) in [6, 6.07) is 8.49. The van der Waals surface area contributed by atoms with Gasteiger partial charge in [-0.15, -0.1) is 0 Å². The standard InChI is InChI=1S/C12H15N3/c1-9(2)10-4-6-11(7-5-10)12-13-8-14-15(12)3/h4-9H,1-3H3. The van der Waals surface area contributed by atoms with Gasteiger partial charge in [-0.05, 0) is 11.5 Å². The summed E-state index contributed by atoms with van der Waals surface area (Å²) < 4.78 is 1.78. The fourth-order valence-electron chi connectivity index (χ4n) is 1.57. The van der Waals surface area contributed by atoms with Crippen LogP contribution in [0, 0.1) is 0 Å². The van der Waals surface area contributed by atoms with Crippen molar-refractivity contribution in [2.24, 2.45) is 7.05 Å². The molecule has 0 saturated carbocycles. The van der Waals surface area contributed by atoms with E-state index in [4.69, 9.17) is 0 Å². The van der Waals surface area contributed by atoms with Crippen LogP contribution < -0.4 is 0 Å². The van der Waals surface area contributed by atoms with E-state index < -0.39 is 0 Å². The van der Waals surface area contributed by atoms with Crippen LogP contribution in [0.3, 0.4) is 0 Å². The molecule has 0 atom stereocenters. The summed E-state index contributed by atoms with van der Waals surface area (Å²) in [5.41, 5.74) is 2.46. The number of hydrogen-bond acceptors (Lipinski definition) is 2. The van der Waals surface area contributed by atoms with E-state index >= 15 is 0 Å². The Balaban J connectivity index is 2.36. The van der Waals surface area contributed by atoms with Crippen LogP contribution in [-0.2, 0) is 7.05 Å². The molecule has 0 spiro atoms. The second kappa shape index (κ2) is 3.85. The molecule has 0 N–H and O–H groups in total. The Kier molecular flexibility index (Phi) is 2.54. The molecular formula is C12H15N3. The zero-order chi connectivity index (χ0) is 10.8. The molecule has 0 aliphatic carbocycles. The molecule has 2 rings (SSSR count). The number of aryl methyl sites for hydroxylation is 1. The minimum absolute atomic E-state index is 0.568. The van der Waals surface area contributed by atoms with Gasteiger partial charge in [0, 0.05) is 12.6 Å². The molecule has 2 aromatic rings. The van der Waals surface area contributed by atoms with Gasteiger partial charge in [-0.25, -0.2) is 9.67 Å². The molecule has 1 heterocycles. The average molecular weight is 201 g/mol. The fourth-order valence-corrected chi connectivity index (χ4v) is 1.57. The minimum atomic E-state index is 0.568. The number of rotatable bonds is 2. The summed E-state index contributed by atoms with van der Waals surface area (Å²) in [5, 5.41) is 4.06. The smallest absolute Gasteiger partial charge is 0.157 e. The molecule has 0 radical (unpaired) electrons. The Morgan fingerprint density at radius 1 is 1.13 bits per heavy atom. The van der Waals surface area contributed by atoms with E-state index in [2.05, 4.69) is 48.2 Å². The molecule has 0 amide bonds. The first kappa shape index (κ1) is 9.90. The predicted molar refractivity (Wildman–Crippen MR) is 60.5 cm³/mol. The lowest BCUT2D eigenvalue weighted by molar-refractivity contribution is 0.774. The highest BCUT2D eigenvalue weighted by molar-refractivity contribution is 5.55. The lowest BCUT2D eigenvalue weighted by atomic mass is 10.0. The van der Waals surface area contributed by atoms with Crippen molar-refractivity contribution in [3.63, 3.8) is 0 Å². The van der Waals surface area contributed by atoms with Crippen molar-refractivity contribution in [2.45, 2.75) is 19.8 Å². The molecule has 1 aromatic carbocycles. The van der Waals surface area contributed by atoms with Gasteiger partial charge in [-0.1, -0.05) is 38.1 Å². The van der Waals surface area contributed by atoms with Gasteiger partial charge in [0.25, 0.3) is 0 Å². The predicted octanol–water partition coefficient (Wildman–Crippen LogP) is 2.61. The second-order valence-corrected chi connectivity index (χ2v) is 3.98. The molecule has 0 bridgehead atoms. The topological polar surface area (TPSA) is 30.7 Å². The Morgan fingerprint density at radius 2 is 1.80 bits per heavy atom. The number of hydrogen-bond donors (Lipinski definition) is 0. The van der Waals surface area contributed by atoms with Gasteiger partial charge in [-0.2, -0.15) is 5.10 Å². The van der Waals surface area contributed by atoms with Gasteiger partial charge in [0.2, 0.25) is 0 Å². The first-order valence-corrected chi connectivity index (χ1v) is 5.13. The SMILES string of the molecule is CC(C)c1ccc(-c2ncnn2C)cc1. The number of nitrogens with zero attached hydrogens (tertiary/aromatic N) is 3. The molecule has 0 aliphatic heterocycles. The van der Waals surface area contributed by atoms with Crippen molar-refractivity contribution in [1.29, 1.82) is 0 Å². The summed E-state index contributed by atoms with van der Waals surface area (Å²) in [5.74, 6) is 1.48. The van der Waals surface area contributed by atoms with Gasteiger partial charge in [-0.3, -0.25) is 0 Å². The molecule has 3 heteroatoms. The number of benzene rings is 1. The van der Waals surface area contributed by atoms with Crippen LogP contribution in [0.4, 0.5) is 0 Å². The quantitative estimate of drug-likeness (QED) is 0.747. The van der Waals surface area contributed by atoms with Crippen LogP contribution in [-0.4, -0.2) is 14.8 Å². The maximum absolute atomic E-state index is 4.21. The average Bonchev–Trinajstić information content (AvgIpc) is 2.65. The third-order valence-electron chi connectivity index (χ3n) is 2.55. The van der Waals surface area contributed by atoms with E-state index in [1.165, 1.54) is 5.56 Å². The normalized spacial score (nSPS) is 10.9. The van der Waals surface area contributed by atoms with Crippen molar-refractivity contribution in [3.05, 3.63) is 36.2 Å². The van der Waals surface area contributed by atoms with Crippen LogP contribution in [0.5, 0.6) is 0 Å². The minimum Gasteiger partial charge on any atom is -0.249 e. The van der Waals surface area contributed by atoms with Gasteiger partial charge >= 0.3 is 0 Å². The Morgan fingerprint density at radius 3 is 2.27 bits per heavy atom. The van der Waals surface area contributed by atoms with Crippen LogP contribution in [0.15, 0.2) is 30.6 Å². The monoisotopic (exact) mass is 201 g/mol. The van der Waals surface area contributed by atoms with E-state index in [1.807, 2.05) is 7.05 Å². The molecule has 15 heavy (non-hydrogen) atoms. The van der Waals surface area contributed by atoms with Gasteiger partial charge in [0.15, 0.2) is 5.82 Å². The first-order valence-electron chi connectivity index (χ1n) is 5.13. The Hall–Kier alpha value is -1.64. The zero-order valence-corrected chi connectivity index (χ0v) is 9.31. The van der Waals surface area contributed by atoms with Gasteiger partial charge in [0.05, 0.1) is 0 Å². The summed E-state index contributed by atoms with van der Waals surface area (Å²) in [6.45, 7) is 4.38. The Bertz CT molecular complexity index is 440. The van der Waals surface area contributed by atoms with Crippen LogP contribution >= 0.6 is 0 Å². The molecule has 0 saturated heterocycles. The maximum Gasteiger partial charge on any atom is 0.157 e. The molecular weight excluding hydrogens is 186 g/mol. The molecule has 0 unspecified atom stereocenters. The lowest BCUT2D eigenvalue weighted by Gasteiger charge is -2.06.